The molecule has 0 aliphatic rings. The minimum Gasteiger partial charge on any atom is -0.444 e. The maximum absolute atomic E-state index is 11.9. The highest BCUT2D eigenvalue weighted by Gasteiger charge is 2.19. The number of alkyl carbamates (subject to hydrolysis) is 1. The van der Waals surface area contributed by atoms with E-state index in [-0.39, 0.29) is 12.1 Å². The molecule has 20 heavy (non-hydrogen) atoms. The zero-order valence-corrected chi connectivity index (χ0v) is 12.9. The Labute approximate surface area is 122 Å². The lowest BCUT2D eigenvalue weighted by Gasteiger charge is -2.24. The van der Waals surface area contributed by atoms with Crippen LogP contribution in [0.15, 0.2) is 42.5 Å². The van der Waals surface area contributed by atoms with Gasteiger partial charge in [0.05, 0.1) is 0 Å². The van der Waals surface area contributed by atoms with E-state index in [0.29, 0.717) is 0 Å². The summed E-state index contributed by atoms with van der Waals surface area (Å²) < 4.78 is 5.31. The quantitative estimate of drug-likeness (QED) is 0.822. The van der Waals surface area contributed by atoms with Gasteiger partial charge in [-0.2, -0.15) is 0 Å². The van der Waals surface area contributed by atoms with E-state index in [2.05, 4.69) is 24.0 Å². The number of carbonyl (C=O) groups excluding carboxylic acids is 1. The minimum atomic E-state index is -0.482. The second-order valence-corrected chi connectivity index (χ2v) is 6.19. The lowest BCUT2D eigenvalue weighted by molar-refractivity contribution is 0.0504. The second-order valence-electron chi connectivity index (χ2n) is 6.19. The molecule has 1 unspecified atom stereocenters. The number of rotatable bonds is 5. The number of hydrogen-bond acceptors (Lipinski definition) is 2. The maximum atomic E-state index is 11.9. The molecular formula is C17H25NO2. The van der Waals surface area contributed by atoms with E-state index in [1.165, 1.54) is 5.56 Å². The van der Waals surface area contributed by atoms with Crippen molar-refractivity contribution < 1.29 is 9.53 Å². The van der Waals surface area contributed by atoms with Crippen LogP contribution in [0.25, 0.3) is 0 Å². The number of ether oxygens (including phenoxy) is 1. The van der Waals surface area contributed by atoms with Crippen LogP contribution in [0.2, 0.25) is 0 Å². The normalized spacial score (nSPS) is 12.6. The van der Waals surface area contributed by atoms with Gasteiger partial charge in [-0.25, -0.2) is 4.79 Å². The van der Waals surface area contributed by atoms with Crippen molar-refractivity contribution in [1.29, 1.82) is 0 Å². The van der Waals surface area contributed by atoms with Crippen molar-refractivity contribution in [2.75, 3.05) is 0 Å². The molecule has 0 aliphatic carbocycles. The van der Waals surface area contributed by atoms with Crippen LogP contribution in [-0.4, -0.2) is 17.7 Å². The summed E-state index contributed by atoms with van der Waals surface area (Å²) in [5.41, 5.74) is 1.75. The van der Waals surface area contributed by atoms with Crippen molar-refractivity contribution in [3.05, 3.63) is 48.0 Å². The minimum absolute atomic E-state index is 0.00440. The van der Waals surface area contributed by atoms with Crippen molar-refractivity contribution in [2.24, 2.45) is 0 Å². The van der Waals surface area contributed by atoms with Crippen molar-refractivity contribution in [3.8, 4) is 0 Å². The third-order valence-corrected chi connectivity index (χ3v) is 2.64. The Balaban J connectivity index is 2.65. The van der Waals surface area contributed by atoms with Gasteiger partial charge in [-0.05, 0) is 46.1 Å². The molecule has 1 aromatic carbocycles. The van der Waals surface area contributed by atoms with Crippen LogP contribution in [0.1, 0.15) is 39.7 Å². The summed E-state index contributed by atoms with van der Waals surface area (Å²) in [4.78, 5) is 11.9. The molecule has 0 saturated carbocycles. The third kappa shape index (κ3) is 6.98. The molecule has 0 fully saturated rings. The van der Waals surface area contributed by atoms with Gasteiger partial charge >= 0.3 is 6.09 Å². The van der Waals surface area contributed by atoms with E-state index in [9.17, 15) is 4.79 Å². The monoisotopic (exact) mass is 275 g/mol. The molecule has 0 aromatic heterocycles. The molecule has 0 bridgehead atoms. The van der Waals surface area contributed by atoms with Crippen molar-refractivity contribution in [3.63, 3.8) is 0 Å². The van der Waals surface area contributed by atoms with E-state index in [0.717, 1.165) is 18.4 Å². The van der Waals surface area contributed by atoms with Gasteiger partial charge in [0.1, 0.15) is 5.60 Å². The van der Waals surface area contributed by atoms with Gasteiger partial charge in [0.15, 0.2) is 0 Å². The first kappa shape index (κ1) is 16.3. The zero-order chi connectivity index (χ0) is 15.2. The van der Waals surface area contributed by atoms with Crippen LogP contribution < -0.4 is 5.32 Å². The fourth-order valence-electron chi connectivity index (χ4n) is 1.97. The lowest BCUT2D eigenvalue weighted by Crippen LogP contribution is -2.40. The Morgan fingerprint density at radius 3 is 2.40 bits per heavy atom. The first-order valence-electron chi connectivity index (χ1n) is 6.94. The standard InChI is InChI=1S/C17H25NO2/c1-13(2)11-15(12-14-9-7-6-8-10-14)18-16(19)20-17(3,4)5/h6-10,15H,1,11-12H2,2-5H3,(H,18,19). The summed E-state index contributed by atoms with van der Waals surface area (Å²) in [5.74, 6) is 0. The molecule has 3 nitrogen and oxygen atoms in total. The molecule has 1 N–H and O–H groups in total. The second kappa shape index (κ2) is 7.13. The molecule has 0 aliphatic heterocycles. The first-order valence-corrected chi connectivity index (χ1v) is 6.94. The lowest BCUT2D eigenvalue weighted by atomic mass is 10.0. The maximum Gasteiger partial charge on any atom is 0.407 e. The molecule has 1 rings (SSSR count). The summed E-state index contributed by atoms with van der Waals surface area (Å²) >= 11 is 0. The van der Waals surface area contributed by atoms with E-state index < -0.39 is 5.60 Å². The zero-order valence-electron chi connectivity index (χ0n) is 12.9. The highest BCUT2D eigenvalue weighted by molar-refractivity contribution is 5.68. The van der Waals surface area contributed by atoms with Crippen LogP contribution >= 0.6 is 0 Å². The third-order valence-electron chi connectivity index (χ3n) is 2.64. The number of carbonyl (C=O) groups is 1. The Morgan fingerprint density at radius 1 is 1.30 bits per heavy atom. The summed E-state index contributed by atoms with van der Waals surface area (Å²) in [5, 5.41) is 2.93. The largest absolute Gasteiger partial charge is 0.444 e. The number of amides is 1. The average Bonchev–Trinajstić information content (AvgIpc) is 2.26. The van der Waals surface area contributed by atoms with Gasteiger partial charge < -0.3 is 10.1 Å². The van der Waals surface area contributed by atoms with Gasteiger partial charge in [0.25, 0.3) is 0 Å². The molecule has 3 heteroatoms. The SMILES string of the molecule is C=C(C)CC(Cc1ccccc1)NC(=O)OC(C)(C)C. The van der Waals surface area contributed by atoms with Crippen LogP contribution in [0.5, 0.6) is 0 Å². The summed E-state index contributed by atoms with van der Waals surface area (Å²) in [6, 6.07) is 10.1. The number of hydrogen-bond donors (Lipinski definition) is 1. The molecule has 0 heterocycles. The molecule has 110 valence electrons. The molecule has 0 saturated heterocycles. The van der Waals surface area contributed by atoms with Gasteiger partial charge in [-0.15, -0.1) is 6.58 Å². The van der Waals surface area contributed by atoms with Crippen molar-refractivity contribution in [1.82, 2.24) is 5.32 Å². The predicted molar refractivity (Wildman–Crippen MR) is 82.7 cm³/mol. The Morgan fingerprint density at radius 2 is 1.90 bits per heavy atom. The molecule has 0 radical (unpaired) electrons. The first-order chi connectivity index (χ1) is 9.26. The van der Waals surface area contributed by atoms with Crippen molar-refractivity contribution >= 4 is 6.09 Å². The summed E-state index contributed by atoms with van der Waals surface area (Å²) in [7, 11) is 0. The van der Waals surface area contributed by atoms with E-state index >= 15 is 0 Å². The smallest absolute Gasteiger partial charge is 0.407 e. The van der Waals surface area contributed by atoms with Gasteiger partial charge in [0.2, 0.25) is 0 Å². The topological polar surface area (TPSA) is 38.3 Å². The number of benzene rings is 1. The van der Waals surface area contributed by atoms with E-state index in [1.54, 1.807) is 0 Å². The van der Waals surface area contributed by atoms with Crippen LogP contribution in [0.4, 0.5) is 4.79 Å². The number of nitrogens with one attached hydrogen (secondary N) is 1. The van der Waals surface area contributed by atoms with Gasteiger partial charge in [-0.3, -0.25) is 0 Å². The Bertz CT molecular complexity index is 446. The Kier molecular flexibility index (Phi) is 5.81. The predicted octanol–water partition coefficient (Wildman–Crippen LogP) is 4.09. The summed E-state index contributed by atoms with van der Waals surface area (Å²) in [6.07, 6.45) is 1.14. The van der Waals surface area contributed by atoms with Gasteiger partial charge in [-0.1, -0.05) is 35.9 Å². The molecule has 1 aromatic rings. The van der Waals surface area contributed by atoms with Crippen LogP contribution in [-0.2, 0) is 11.2 Å². The summed E-state index contributed by atoms with van der Waals surface area (Å²) in [6.45, 7) is 11.5. The molecule has 1 amide bonds. The highest BCUT2D eigenvalue weighted by Crippen LogP contribution is 2.12. The average molecular weight is 275 g/mol. The molecular weight excluding hydrogens is 250 g/mol. The highest BCUT2D eigenvalue weighted by atomic mass is 16.6. The molecule has 0 spiro atoms. The fraction of sp³-hybridized carbons (Fsp3) is 0.471. The van der Waals surface area contributed by atoms with Crippen LogP contribution in [0, 0.1) is 0 Å². The van der Waals surface area contributed by atoms with E-state index in [1.807, 2.05) is 45.9 Å². The fourth-order valence-corrected chi connectivity index (χ4v) is 1.97. The van der Waals surface area contributed by atoms with Crippen molar-refractivity contribution in [2.45, 2.75) is 52.2 Å². The van der Waals surface area contributed by atoms with Crippen LogP contribution in [0.3, 0.4) is 0 Å². The van der Waals surface area contributed by atoms with Gasteiger partial charge in [0, 0.05) is 6.04 Å². The van der Waals surface area contributed by atoms with E-state index in [4.69, 9.17) is 4.74 Å². The Hall–Kier alpha value is -1.77. The molecule has 1 atom stereocenters.